The van der Waals surface area contributed by atoms with E-state index in [0.717, 1.165) is 10.1 Å². The Hall–Kier alpha value is -2.89. The molecule has 1 aromatic heterocycles. The summed E-state index contributed by atoms with van der Waals surface area (Å²) in [5.41, 5.74) is 5.40. The number of carbonyl (C=O) groups is 2. The highest BCUT2D eigenvalue weighted by Crippen LogP contribution is 2.30. The molecule has 0 radical (unpaired) electrons. The van der Waals surface area contributed by atoms with Crippen LogP contribution in [-0.2, 0) is 15.3 Å². The van der Waals surface area contributed by atoms with Crippen molar-refractivity contribution in [1.82, 2.24) is 15.6 Å². The third kappa shape index (κ3) is 7.98. The van der Waals surface area contributed by atoms with Crippen molar-refractivity contribution in [2.75, 3.05) is 12.4 Å². The molecule has 8 nitrogen and oxygen atoms in total. The largest absolute Gasteiger partial charge is 0.546 e. The predicted octanol–water partition coefficient (Wildman–Crippen LogP) is 2.51. The zero-order valence-corrected chi connectivity index (χ0v) is 19.5. The Bertz CT molecular complexity index is 1090. The monoisotopic (exact) mass is 487 g/mol. The number of carboxylic acids is 1. The van der Waals surface area contributed by atoms with Crippen LogP contribution in [0, 0.1) is 6.92 Å². The molecule has 0 saturated heterocycles. The van der Waals surface area contributed by atoms with Gasteiger partial charge in [0.15, 0.2) is 8.68 Å². The van der Waals surface area contributed by atoms with Gasteiger partial charge in [0.05, 0.1) is 17.9 Å². The lowest BCUT2D eigenvalue weighted by Crippen LogP contribution is -2.29. The van der Waals surface area contributed by atoms with E-state index in [4.69, 9.17) is 4.74 Å². The number of carboxylic acid groups (broad SMARTS) is 1. The van der Waals surface area contributed by atoms with E-state index >= 15 is 0 Å². The lowest BCUT2D eigenvalue weighted by Gasteiger charge is -2.08. The zero-order chi connectivity index (χ0) is 22.8. The van der Waals surface area contributed by atoms with Gasteiger partial charge in [-0.25, -0.2) is 5.43 Å². The molecule has 0 atom stereocenters. The third-order valence-corrected chi connectivity index (χ3v) is 7.12. The minimum atomic E-state index is -1.32. The highest BCUT2D eigenvalue weighted by atomic mass is 32.2. The van der Waals surface area contributed by atoms with Crippen molar-refractivity contribution < 1.29 is 19.4 Å². The maximum atomic E-state index is 12.0. The number of hydrazone groups is 1. The maximum absolute atomic E-state index is 12.0. The van der Waals surface area contributed by atoms with E-state index < -0.39 is 12.6 Å². The van der Waals surface area contributed by atoms with E-state index in [1.54, 1.807) is 36.0 Å². The molecular weight excluding hydrogens is 468 g/mol. The average molecular weight is 488 g/mol. The van der Waals surface area contributed by atoms with Gasteiger partial charge < -0.3 is 14.6 Å². The van der Waals surface area contributed by atoms with E-state index in [-0.39, 0.29) is 11.7 Å². The lowest BCUT2D eigenvalue weighted by atomic mass is 10.2. The fourth-order valence-electron chi connectivity index (χ4n) is 2.33. The van der Waals surface area contributed by atoms with Gasteiger partial charge in [-0.3, -0.25) is 4.79 Å². The van der Waals surface area contributed by atoms with E-state index in [0.29, 0.717) is 15.7 Å². The molecule has 1 amide bonds. The number of aliphatic carboxylic acids is 1. The number of aromatic nitrogens is 2. The highest BCUT2D eigenvalue weighted by molar-refractivity contribution is 8.03. The first-order chi connectivity index (χ1) is 15.5. The van der Waals surface area contributed by atoms with Crippen molar-refractivity contribution >= 4 is 53.0 Å². The Morgan fingerprint density at radius 3 is 2.59 bits per heavy atom. The molecule has 0 saturated carbocycles. The van der Waals surface area contributed by atoms with Gasteiger partial charge in [0.25, 0.3) is 5.91 Å². The van der Waals surface area contributed by atoms with Gasteiger partial charge in [0.2, 0.25) is 0 Å². The zero-order valence-electron chi connectivity index (χ0n) is 17.0. The Morgan fingerprint density at radius 1 is 1.12 bits per heavy atom. The summed E-state index contributed by atoms with van der Waals surface area (Å²) in [4.78, 5) is 22.6. The van der Waals surface area contributed by atoms with Gasteiger partial charge in [0.1, 0.15) is 12.4 Å². The van der Waals surface area contributed by atoms with Crippen LogP contribution < -0.4 is 15.3 Å². The van der Waals surface area contributed by atoms with E-state index in [1.165, 1.54) is 40.4 Å². The summed E-state index contributed by atoms with van der Waals surface area (Å²) in [5.74, 6) is -0.354. The number of hydrogen-bond donors (Lipinski definition) is 1. The number of rotatable bonds is 11. The fraction of sp³-hybridized carbons (Fsp3) is 0.190. The number of thioether (sulfide) groups is 2. The van der Waals surface area contributed by atoms with Crippen molar-refractivity contribution in [3.63, 3.8) is 0 Å². The molecule has 0 unspecified atom stereocenters. The molecule has 0 fully saturated rings. The molecule has 0 bridgehead atoms. The first-order valence-electron chi connectivity index (χ1n) is 9.38. The summed E-state index contributed by atoms with van der Waals surface area (Å²) in [6.45, 7) is 1.49. The van der Waals surface area contributed by atoms with Crippen molar-refractivity contribution in [3.05, 3.63) is 65.2 Å². The lowest BCUT2D eigenvalue weighted by molar-refractivity contribution is -0.307. The number of nitrogens with one attached hydrogen (secondary N) is 1. The van der Waals surface area contributed by atoms with Crippen LogP contribution >= 0.6 is 34.9 Å². The standard InChI is InChI=1S/C21H20N4O4S3/c1-14-6-8-15(9-7-14)12-30-20-24-25-21(32-20)31-13-18(26)23-22-10-16-4-2-3-5-17(16)29-11-19(27)28/h2-10H,11-13H2,1H3,(H,23,26)(H,27,28)/p-1/b22-10-. The molecule has 1 N–H and O–H groups in total. The van der Waals surface area contributed by atoms with Gasteiger partial charge in [-0.1, -0.05) is 76.8 Å². The molecule has 0 spiro atoms. The second kappa shape index (κ2) is 12.2. The summed E-state index contributed by atoms with van der Waals surface area (Å²) < 4.78 is 6.68. The van der Waals surface area contributed by atoms with E-state index in [2.05, 4.69) is 51.9 Å². The molecule has 0 aliphatic rings. The van der Waals surface area contributed by atoms with Crippen LogP contribution in [0.2, 0.25) is 0 Å². The molecular formula is C21H19N4O4S3-. The van der Waals surface area contributed by atoms with Crippen molar-refractivity contribution in [2.24, 2.45) is 5.10 Å². The number of hydrogen-bond acceptors (Lipinski definition) is 10. The normalized spacial score (nSPS) is 10.9. The van der Waals surface area contributed by atoms with Gasteiger partial charge >= 0.3 is 0 Å². The fourth-order valence-corrected chi connectivity index (χ4v) is 5.10. The van der Waals surface area contributed by atoms with Crippen molar-refractivity contribution in [2.45, 2.75) is 21.4 Å². The first kappa shape index (κ1) is 23.8. The van der Waals surface area contributed by atoms with Crippen LogP contribution in [0.1, 0.15) is 16.7 Å². The number of amides is 1. The second-order valence-corrected chi connectivity index (χ2v) is 9.81. The Morgan fingerprint density at radius 2 is 1.84 bits per heavy atom. The van der Waals surface area contributed by atoms with Crippen LogP contribution in [0.3, 0.4) is 0 Å². The average Bonchev–Trinajstić information content (AvgIpc) is 3.24. The molecule has 2 aromatic carbocycles. The summed E-state index contributed by atoms with van der Waals surface area (Å²) in [6.07, 6.45) is 1.39. The van der Waals surface area contributed by atoms with Crippen LogP contribution in [0.4, 0.5) is 0 Å². The minimum absolute atomic E-state index is 0.136. The summed E-state index contributed by atoms with van der Waals surface area (Å²) in [6, 6.07) is 15.1. The van der Waals surface area contributed by atoms with Crippen LogP contribution in [0.15, 0.2) is 62.3 Å². The molecule has 32 heavy (non-hydrogen) atoms. The topological polar surface area (TPSA) is 117 Å². The quantitative estimate of drug-likeness (QED) is 0.249. The summed E-state index contributed by atoms with van der Waals surface area (Å²) in [7, 11) is 0. The number of aryl methyl sites for hydroxylation is 1. The number of para-hydroxylation sites is 1. The number of ether oxygens (including phenoxy) is 1. The van der Waals surface area contributed by atoms with Gasteiger partial charge in [-0.2, -0.15) is 5.10 Å². The first-order valence-corrected chi connectivity index (χ1v) is 12.2. The predicted molar refractivity (Wildman–Crippen MR) is 124 cm³/mol. The number of benzene rings is 2. The molecule has 11 heteroatoms. The van der Waals surface area contributed by atoms with Crippen LogP contribution in [0.5, 0.6) is 5.75 Å². The molecule has 3 rings (SSSR count). The van der Waals surface area contributed by atoms with Crippen LogP contribution in [0.25, 0.3) is 0 Å². The summed E-state index contributed by atoms with van der Waals surface area (Å²) >= 11 is 4.33. The molecule has 3 aromatic rings. The van der Waals surface area contributed by atoms with Crippen molar-refractivity contribution in [1.29, 1.82) is 0 Å². The minimum Gasteiger partial charge on any atom is -0.546 e. The van der Waals surface area contributed by atoms with E-state index in [9.17, 15) is 14.7 Å². The number of nitrogens with zero attached hydrogens (tertiary/aromatic N) is 3. The third-order valence-electron chi connectivity index (χ3n) is 3.85. The Balaban J connectivity index is 1.42. The second-order valence-electron chi connectivity index (χ2n) is 6.39. The van der Waals surface area contributed by atoms with Crippen molar-refractivity contribution in [3.8, 4) is 5.75 Å². The summed E-state index contributed by atoms with van der Waals surface area (Å²) in [5, 5.41) is 22.7. The van der Waals surface area contributed by atoms with Crippen LogP contribution in [-0.4, -0.2) is 40.6 Å². The van der Waals surface area contributed by atoms with Gasteiger partial charge in [-0.15, -0.1) is 10.2 Å². The van der Waals surface area contributed by atoms with Gasteiger partial charge in [-0.05, 0) is 24.6 Å². The highest BCUT2D eigenvalue weighted by Gasteiger charge is 2.09. The molecule has 166 valence electrons. The van der Waals surface area contributed by atoms with Gasteiger partial charge in [0, 0.05) is 11.3 Å². The molecule has 0 aliphatic carbocycles. The van der Waals surface area contributed by atoms with E-state index in [1.807, 2.05) is 0 Å². The Labute approximate surface area is 197 Å². The maximum Gasteiger partial charge on any atom is 0.250 e. The SMILES string of the molecule is Cc1ccc(CSc2nnc(SCC(=O)N/N=C\c3ccccc3OCC(=O)[O-])s2)cc1. The molecule has 1 heterocycles. The Kier molecular flexibility index (Phi) is 9.08. The smallest absolute Gasteiger partial charge is 0.250 e. The number of carbonyl (C=O) groups excluding carboxylic acids is 2. The molecule has 0 aliphatic heterocycles.